The summed E-state index contributed by atoms with van der Waals surface area (Å²) >= 11 is 1.75. The van der Waals surface area contributed by atoms with Crippen molar-refractivity contribution in [3.63, 3.8) is 0 Å². The van der Waals surface area contributed by atoms with Crippen LogP contribution in [0.4, 0.5) is 0 Å². The number of carbonyl (C=O) groups is 1. The van der Waals surface area contributed by atoms with Gasteiger partial charge in [-0.2, -0.15) is 0 Å². The largest absolute Gasteiger partial charge is 0.349 e. The molecule has 0 spiro atoms. The Kier molecular flexibility index (Phi) is 9.34. The number of hydrogen-bond donors (Lipinski definition) is 1. The van der Waals surface area contributed by atoms with Crippen LogP contribution in [-0.2, 0) is 0 Å². The number of hydrogen-bond acceptors (Lipinski definition) is 2. The first-order valence-electron chi connectivity index (χ1n) is 9.84. The van der Waals surface area contributed by atoms with Crippen molar-refractivity contribution in [2.75, 3.05) is 5.75 Å². The predicted octanol–water partition coefficient (Wildman–Crippen LogP) is 6.20. The van der Waals surface area contributed by atoms with E-state index in [4.69, 9.17) is 0 Å². The predicted molar refractivity (Wildman–Crippen MR) is 105 cm³/mol. The molecule has 2 nitrogen and oxygen atoms in total. The summed E-state index contributed by atoms with van der Waals surface area (Å²) in [6, 6.07) is 8.35. The van der Waals surface area contributed by atoms with Gasteiger partial charge in [-0.15, -0.1) is 11.8 Å². The number of benzene rings is 1. The van der Waals surface area contributed by atoms with Crippen molar-refractivity contribution in [1.82, 2.24) is 5.32 Å². The smallest absolute Gasteiger partial charge is 0.252 e. The van der Waals surface area contributed by atoms with Crippen molar-refractivity contribution in [1.29, 1.82) is 0 Å². The Balaban J connectivity index is 1.93. The zero-order valence-corrected chi connectivity index (χ0v) is 16.0. The minimum Gasteiger partial charge on any atom is -0.349 e. The van der Waals surface area contributed by atoms with Gasteiger partial charge in [0.1, 0.15) is 0 Å². The van der Waals surface area contributed by atoms with Crippen LogP contribution in [0.25, 0.3) is 0 Å². The zero-order chi connectivity index (χ0) is 17.0. The Morgan fingerprint density at radius 3 is 2.08 bits per heavy atom. The lowest BCUT2D eigenvalue weighted by Crippen LogP contribution is -2.35. The van der Waals surface area contributed by atoms with E-state index < -0.39 is 0 Å². The quantitative estimate of drug-likeness (QED) is 0.657. The second-order valence-electron chi connectivity index (χ2n) is 6.86. The summed E-state index contributed by atoms with van der Waals surface area (Å²) in [5.41, 5.74) is 0.843. The molecule has 1 aromatic rings. The molecule has 1 aliphatic rings. The summed E-state index contributed by atoms with van der Waals surface area (Å²) in [6.45, 7) is 2.13. The van der Waals surface area contributed by atoms with E-state index in [0.717, 1.165) is 29.1 Å². The third kappa shape index (κ3) is 6.88. The molecule has 0 atom stereocenters. The van der Waals surface area contributed by atoms with Gasteiger partial charge in [-0.25, -0.2) is 0 Å². The summed E-state index contributed by atoms with van der Waals surface area (Å²) < 4.78 is 0. The Bertz CT molecular complexity index is 476. The van der Waals surface area contributed by atoms with Crippen LogP contribution < -0.4 is 5.32 Å². The van der Waals surface area contributed by atoms with E-state index in [2.05, 4.69) is 18.3 Å². The number of amides is 1. The molecule has 0 unspecified atom stereocenters. The maximum absolute atomic E-state index is 12.8. The van der Waals surface area contributed by atoms with Crippen LogP contribution in [0.5, 0.6) is 0 Å². The van der Waals surface area contributed by atoms with Crippen LogP contribution in [0.2, 0.25) is 0 Å². The molecule has 24 heavy (non-hydrogen) atoms. The maximum atomic E-state index is 12.8. The molecular formula is C21H33NOS. The fourth-order valence-electron chi connectivity index (χ4n) is 3.51. The molecular weight excluding hydrogens is 314 g/mol. The Labute approximate surface area is 152 Å². The average Bonchev–Trinajstić information content (AvgIpc) is 2.58. The molecule has 3 heteroatoms. The molecule has 0 aromatic heterocycles. The lowest BCUT2D eigenvalue weighted by molar-refractivity contribution is 0.0928. The molecule has 1 aliphatic carbocycles. The second kappa shape index (κ2) is 11.6. The number of nitrogens with one attached hydrogen (secondary N) is 1. The lowest BCUT2D eigenvalue weighted by atomic mass is 9.97. The van der Waals surface area contributed by atoms with Crippen LogP contribution in [0.3, 0.4) is 0 Å². The molecule has 1 aromatic carbocycles. The maximum Gasteiger partial charge on any atom is 0.252 e. The molecule has 0 aliphatic heterocycles. The molecule has 0 radical (unpaired) electrons. The van der Waals surface area contributed by atoms with Gasteiger partial charge in [-0.1, -0.05) is 76.8 Å². The molecule has 134 valence electrons. The minimum absolute atomic E-state index is 0.114. The topological polar surface area (TPSA) is 29.1 Å². The van der Waals surface area contributed by atoms with E-state index >= 15 is 0 Å². The van der Waals surface area contributed by atoms with Crippen LogP contribution in [-0.4, -0.2) is 17.7 Å². The third-order valence-corrected chi connectivity index (χ3v) is 5.83. The first kappa shape index (κ1) is 19.4. The average molecular weight is 348 g/mol. The van der Waals surface area contributed by atoms with E-state index in [1.54, 1.807) is 11.8 Å². The molecule has 1 fully saturated rings. The highest BCUT2D eigenvalue weighted by Crippen LogP contribution is 2.23. The normalized spacial score (nSPS) is 18.4. The second-order valence-corrected chi connectivity index (χ2v) is 8.16. The number of rotatable bonds is 4. The SMILES string of the molecule is CCSc1ccccc1C(=O)NC1CCCCCCCCCCC1. The number of carbonyl (C=O) groups excluding carboxylic acids is 1. The van der Waals surface area contributed by atoms with Crippen LogP contribution in [0.15, 0.2) is 29.2 Å². The zero-order valence-electron chi connectivity index (χ0n) is 15.2. The molecule has 2 rings (SSSR count). The molecule has 1 amide bonds. The van der Waals surface area contributed by atoms with Gasteiger partial charge in [-0.3, -0.25) is 4.79 Å². The molecule has 1 N–H and O–H groups in total. The van der Waals surface area contributed by atoms with Gasteiger partial charge >= 0.3 is 0 Å². The van der Waals surface area contributed by atoms with Gasteiger partial charge in [0.2, 0.25) is 0 Å². The van der Waals surface area contributed by atoms with Crippen molar-refractivity contribution in [2.45, 2.75) is 88.5 Å². The summed E-state index contributed by atoms with van der Waals surface area (Å²) in [5, 5.41) is 3.33. The molecule has 0 saturated heterocycles. The van der Waals surface area contributed by atoms with E-state index in [1.807, 2.05) is 18.2 Å². The Morgan fingerprint density at radius 1 is 0.958 bits per heavy atom. The summed E-state index contributed by atoms with van der Waals surface area (Å²) in [7, 11) is 0. The van der Waals surface area contributed by atoms with Crippen molar-refractivity contribution in [3.05, 3.63) is 29.8 Å². The van der Waals surface area contributed by atoms with E-state index in [-0.39, 0.29) is 5.91 Å². The summed E-state index contributed by atoms with van der Waals surface area (Å²) in [5.74, 6) is 1.11. The van der Waals surface area contributed by atoms with Gasteiger partial charge < -0.3 is 5.32 Å². The fourth-order valence-corrected chi connectivity index (χ4v) is 4.31. The minimum atomic E-state index is 0.114. The van der Waals surface area contributed by atoms with Gasteiger partial charge in [0.25, 0.3) is 5.91 Å². The molecule has 0 heterocycles. The highest BCUT2D eigenvalue weighted by atomic mass is 32.2. The van der Waals surface area contributed by atoms with Crippen molar-refractivity contribution in [3.8, 4) is 0 Å². The van der Waals surface area contributed by atoms with Crippen LogP contribution in [0, 0.1) is 0 Å². The Morgan fingerprint density at radius 2 is 1.50 bits per heavy atom. The van der Waals surface area contributed by atoms with Gasteiger partial charge in [-0.05, 0) is 30.7 Å². The van der Waals surface area contributed by atoms with Gasteiger partial charge in [0.15, 0.2) is 0 Å². The van der Waals surface area contributed by atoms with Gasteiger partial charge in [0, 0.05) is 10.9 Å². The van der Waals surface area contributed by atoms with Crippen molar-refractivity contribution >= 4 is 17.7 Å². The van der Waals surface area contributed by atoms with Crippen LogP contribution in [0.1, 0.15) is 87.9 Å². The Hall–Kier alpha value is -0.960. The number of thioether (sulfide) groups is 1. The van der Waals surface area contributed by atoms with E-state index in [0.29, 0.717) is 6.04 Å². The fraction of sp³-hybridized carbons (Fsp3) is 0.667. The highest BCUT2D eigenvalue weighted by molar-refractivity contribution is 7.99. The lowest BCUT2D eigenvalue weighted by Gasteiger charge is -2.20. The first-order chi connectivity index (χ1) is 11.8. The van der Waals surface area contributed by atoms with Gasteiger partial charge in [0.05, 0.1) is 5.56 Å². The standard InChI is InChI=1S/C21H33NOS/c1-2-24-20-17-13-12-16-19(20)21(23)22-18-14-10-8-6-4-3-5-7-9-11-15-18/h12-13,16-18H,2-11,14-15H2,1H3,(H,22,23). The highest BCUT2D eigenvalue weighted by Gasteiger charge is 2.16. The van der Waals surface area contributed by atoms with Crippen molar-refractivity contribution in [2.24, 2.45) is 0 Å². The van der Waals surface area contributed by atoms with Crippen LogP contribution >= 0.6 is 11.8 Å². The summed E-state index contributed by atoms with van der Waals surface area (Å²) in [4.78, 5) is 13.9. The van der Waals surface area contributed by atoms with E-state index in [1.165, 1.54) is 57.8 Å². The molecule has 0 bridgehead atoms. The first-order valence-corrected chi connectivity index (χ1v) is 10.8. The van der Waals surface area contributed by atoms with Crippen molar-refractivity contribution < 1.29 is 4.79 Å². The van der Waals surface area contributed by atoms with E-state index in [9.17, 15) is 4.79 Å². The summed E-state index contributed by atoms with van der Waals surface area (Å²) in [6.07, 6.45) is 14.3. The monoisotopic (exact) mass is 347 g/mol. The molecule has 1 saturated carbocycles. The third-order valence-electron chi connectivity index (χ3n) is 4.87.